The third-order valence-corrected chi connectivity index (χ3v) is 1.37. The molecule has 2 aliphatic rings. The van der Waals surface area contributed by atoms with Crippen LogP contribution in [0.15, 0.2) is 73.5 Å². The molecule has 0 unspecified atom stereocenters. The molecular formula is C12H13NO. The molecular weight excluding hydrogens is 174 g/mol. The third kappa shape index (κ3) is 5.66. The van der Waals surface area contributed by atoms with Gasteiger partial charge in [-0.05, 0) is 24.3 Å². The quantitative estimate of drug-likeness (QED) is 0.629. The fourth-order valence-electron chi connectivity index (χ4n) is 0.761. The molecule has 0 bridgehead atoms. The van der Waals surface area contributed by atoms with Crippen molar-refractivity contribution >= 4 is 0 Å². The van der Waals surface area contributed by atoms with Gasteiger partial charge in [0.05, 0.1) is 12.5 Å². The van der Waals surface area contributed by atoms with Crippen LogP contribution in [0.5, 0.6) is 0 Å². The summed E-state index contributed by atoms with van der Waals surface area (Å²) < 4.78 is 4.77. The monoisotopic (exact) mass is 187 g/mol. The zero-order valence-corrected chi connectivity index (χ0v) is 7.84. The van der Waals surface area contributed by atoms with Crippen molar-refractivity contribution < 1.29 is 4.74 Å². The van der Waals surface area contributed by atoms with E-state index in [1.165, 1.54) is 0 Å². The van der Waals surface area contributed by atoms with Crippen LogP contribution in [0.2, 0.25) is 0 Å². The summed E-state index contributed by atoms with van der Waals surface area (Å²) in [7, 11) is 0. The summed E-state index contributed by atoms with van der Waals surface area (Å²) in [6.45, 7) is 0. The van der Waals surface area contributed by atoms with Crippen molar-refractivity contribution in [2.75, 3.05) is 0 Å². The molecule has 0 radical (unpaired) electrons. The van der Waals surface area contributed by atoms with Gasteiger partial charge < -0.3 is 10.1 Å². The molecule has 0 aromatic rings. The van der Waals surface area contributed by atoms with Crippen LogP contribution in [0, 0.1) is 0 Å². The predicted molar refractivity (Wildman–Crippen MR) is 59.1 cm³/mol. The Morgan fingerprint density at radius 3 is 1.64 bits per heavy atom. The van der Waals surface area contributed by atoms with E-state index in [-0.39, 0.29) is 0 Å². The van der Waals surface area contributed by atoms with E-state index >= 15 is 0 Å². The Hall–Kier alpha value is -1.96. The molecule has 2 heterocycles. The zero-order chi connectivity index (χ0) is 9.90. The first-order chi connectivity index (χ1) is 7.00. The van der Waals surface area contributed by atoms with Crippen LogP contribution in [0.1, 0.15) is 0 Å². The van der Waals surface area contributed by atoms with Gasteiger partial charge in [-0.15, -0.1) is 0 Å². The summed E-state index contributed by atoms with van der Waals surface area (Å²) in [5.41, 5.74) is 0. The van der Waals surface area contributed by atoms with E-state index in [9.17, 15) is 0 Å². The van der Waals surface area contributed by atoms with Gasteiger partial charge in [-0.1, -0.05) is 24.3 Å². The second kappa shape index (κ2) is 7.68. The molecule has 2 rings (SSSR count). The minimum atomic E-state index is 1.62. The topological polar surface area (TPSA) is 21.3 Å². The van der Waals surface area contributed by atoms with E-state index in [1.54, 1.807) is 12.5 Å². The van der Waals surface area contributed by atoms with E-state index in [2.05, 4.69) is 5.32 Å². The molecule has 14 heavy (non-hydrogen) atoms. The van der Waals surface area contributed by atoms with Crippen molar-refractivity contribution in [1.82, 2.24) is 5.32 Å². The first-order valence-electron chi connectivity index (χ1n) is 4.38. The first-order valence-corrected chi connectivity index (χ1v) is 4.38. The van der Waals surface area contributed by atoms with E-state index in [4.69, 9.17) is 4.74 Å². The van der Waals surface area contributed by atoms with Gasteiger partial charge in [0.25, 0.3) is 0 Å². The molecule has 0 atom stereocenters. The molecule has 0 saturated heterocycles. The average Bonchev–Trinajstić information content (AvgIpc) is 2.68. The number of hydrogen-bond donors (Lipinski definition) is 1. The van der Waals surface area contributed by atoms with Crippen molar-refractivity contribution in [3.63, 3.8) is 0 Å². The second-order valence-corrected chi connectivity index (χ2v) is 2.45. The summed E-state index contributed by atoms with van der Waals surface area (Å²) >= 11 is 0. The van der Waals surface area contributed by atoms with Crippen molar-refractivity contribution in [3.8, 4) is 0 Å². The van der Waals surface area contributed by atoms with Gasteiger partial charge in [0.1, 0.15) is 0 Å². The molecule has 2 heteroatoms. The van der Waals surface area contributed by atoms with Gasteiger partial charge in [0, 0.05) is 12.4 Å². The van der Waals surface area contributed by atoms with Gasteiger partial charge in [-0.2, -0.15) is 0 Å². The summed E-state index contributed by atoms with van der Waals surface area (Å²) in [6, 6.07) is 0. The fraction of sp³-hybridized carbons (Fsp3) is 0. The molecule has 0 aliphatic carbocycles. The number of ether oxygens (including phenoxy) is 1. The van der Waals surface area contributed by atoms with Crippen molar-refractivity contribution in [2.24, 2.45) is 0 Å². The van der Waals surface area contributed by atoms with Gasteiger partial charge in [-0.3, -0.25) is 0 Å². The van der Waals surface area contributed by atoms with Gasteiger partial charge >= 0.3 is 0 Å². The van der Waals surface area contributed by atoms with Gasteiger partial charge in [0.15, 0.2) is 0 Å². The van der Waals surface area contributed by atoms with Crippen LogP contribution >= 0.6 is 0 Å². The van der Waals surface area contributed by atoms with Crippen LogP contribution in [-0.4, -0.2) is 0 Å². The molecule has 2 nitrogen and oxygen atoms in total. The summed E-state index contributed by atoms with van der Waals surface area (Å²) in [6.07, 6.45) is 22.3. The predicted octanol–water partition coefficient (Wildman–Crippen LogP) is 2.77. The lowest BCUT2D eigenvalue weighted by molar-refractivity contribution is 0.404. The maximum absolute atomic E-state index is 4.77. The smallest absolute Gasteiger partial charge is 0.0901 e. The summed E-state index contributed by atoms with van der Waals surface area (Å²) in [5.74, 6) is 0. The van der Waals surface area contributed by atoms with E-state index in [1.807, 2.05) is 61.0 Å². The molecule has 2 aliphatic heterocycles. The van der Waals surface area contributed by atoms with Crippen LogP contribution in [0.4, 0.5) is 0 Å². The Morgan fingerprint density at radius 2 is 1.07 bits per heavy atom. The van der Waals surface area contributed by atoms with Gasteiger partial charge in [-0.25, -0.2) is 0 Å². The first kappa shape index (κ1) is 10.1. The third-order valence-electron chi connectivity index (χ3n) is 1.37. The molecule has 0 aromatic carbocycles. The Morgan fingerprint density at radius 1 is 0.571 bits per heavy atom. The van der Waals surface area contributed by atoms with Crippen LogP contribution < -0.4 is 5.32 Å². The summed E-state index contributed by atoms with van der Waals surface area (Å²) in [4.78, 5) is 0. The molecule has 0 amide bonds. The number of allylic oxidation sites excluding steroid dienone is 8. The number of rotatable bonds is 0. The fourth-order valence-corrected chi connectivity index (χ4v) is 0.761. The lowest BCUT2D eigenvalue weighted by Crippen LogP contribution is -1.87. The highest BCUT2D eigenvalue weighted by atomic mass is 16.5. The Balaban J connectivity index is 0.000000140. The lowest BCUT2D eigenvalue weighted by atomic mass is 10.5. The average molecular weight is 187 g/mol. The number of hydrogen-bond acceptors (Lipinski definition) is 2. The van der Waals surface area contributed by atoms with Crippen LogP contribution in [0.25, 0.3) is 0 Å². The Bertz CT molecular complexity index is 246. The molecule has 0 aromatic heterocycles. The van der Waals surface area contributed by atoms with Crippen LogP contribution in [-0.2, 0) is 4.74 Å². The largest absolute Gasteiger partial charge is 0.473 e. The van der Waals surface area contributed by atoms with Crippen LogP contribution in [0.3, 0.4) is 0 Å². The lowest BCUT2D eigenvalue weighted by Gasteiger charge is -1.79. The minimum absolute atomic E-state index is 1.62. The second-order valence-electron chi connectivity index (χ2n) is 2.45. The molecule has 0 spiro atoms. The molecule has 1 N–H and O–H groups in total. The van der Waals surface area contributed by atoms with Crippen molar-refractivity contribution in [3.05, 3.63) is 73.5 Å². The van der Waals surface area contributed by atoms with Crippen molar-refractivity contribution in [1.29, 1.82) is 0 Å². The number of nitrogens with one attached hydrogen (secondary N) is 1. The van der Waals surface area contributed by atoms with E-state index in [0.29, 0.717) is 0 Å². The highest BCUT2D eigenvalue weighted by molar-refractivity contribution is 5.14. The van der Waals surface area contributed by atoms with Gasteiger partial charge in [0.2, 0.25) is 0 Å². The minimum Gasteiger partial charge on any atom is -0.473 e. The van der Waals surface area contributed by atoms with E-state index < -0.39 is 0 Å². The molecule has 0 fully saturated rings. The van der Waals surface area contributed by atoms with Crippen molar-refractivity contribution in [2.45, 2.75) is 0 Å². The summed E-state index contributed by atoms with van der Waals surface area (Å²) in [5, 5.41) is 2.92. The zero-order valence-electron chi connectivity index (χ0n) is 7.84. The van der Waals surface area contributed by atoms with E-state index in [0.717, 1.165) is 0 Å². The molecule has 0 saturated carbocycles. The Labute approximate surface area is 84.3 Å². The SMILES string of the molecule is C1=CC=CNC=C1.C1=CC=COC=C1. The highest BCUT2D eigenvalue weighted by Crippen LogP contribution is 1.88. The maximum Gasteiger partial charge on any atom is 0.0901 e. The standard InChI is InChI=1S/C6H7N.C6H6O/c2*1-2-4-6-7-5-3-1/h1-7H;1-6H. The Kier molecular flexibility index (Phi) is 5.55. The maximum atomic E-state index is 4.77. The molecule has 72 valence electrons. The normalized spacial score (nSPS) is 16.0. The highest BCUT2D eigenvalue weighted by Gasteiger charge is 1.69.